The van der Waals surface area contributed by atoms with Crippen LogP contribution in [0.3, 0.4) is 0 Å². The molecule has 1 aliphatic heterocycles. The molecule has 0 spiro atoms. The van der Waals surface area contributed by atoms with Crippen LogP contribution >= 0.6 is 0 Å². The smallest absolute Gasteiger partial charge is 0.222 e. The molecule has 2 heterocycles. The number of carbonyl (C=O) groups is 1. The number of fused-ring (bicyclic) bond motifs is 1. The predicted molar refractivity (Wildman–Crippen MR) is 82.6 cm³/mol. The van der Waals surface area contributed by atoms with E-state index in [-0.39, 0.29) is 24.0 Å². The number of carbonyl (C=O) groups excluding carboxylic acids is 1. The number of nitrogens with zero attached hydrogens (tertiary/aromatic N) is 1. The Bertz CT molecular complexity index is 797. The molecule has 2 N–H and O–H groups in total. The van der Waals surface area contributed by atoms with Gasteiger partial charge in [0, 0.05) is 30.8 Å². The van der Waals surface area contributed by atoms with Gasteiger partial charge in [-0.2, -0.15) is 0 Å². The van der Waals surface area contributed by atoms with Gasteiger partial charge in [0.05, 0.1) is 12.0 Å². The van der Waals surface area contributed by atoms with Crippen molar-refractivity contribution in [3.63, 3.8) is 0 Å². The molecule has 0 aliphatic carbocycles. The van der Waals surface area contributed by atoms with Gasteiger partial charge in [-0.05, 0) is 30.2 Å². The second-order valence-electron chi connectivity index (χ2n) is 5.78. The van der Waals surface area contributed by atoms with Crippen molar-refractivity contribution < 1.29 is 17.6 Å². The summed E-state index contributed by atoms with van der Waals surface area (Å²) in [5.74, 6) is -0.326. The van der Waals surface area contributed by atoms with E-state index < -0.39 is 10.0 Å². The zero-order chi connectivity index (χ0) is 15.7. The third-order valence-electron chi connectivity index (χ3n) is 3.95. The van der Waals surface area contributed by atoms with Gasteiger partial charge < -0.3 is 9.32 Å². The molecule has 0 saturated carbocycles. The van der Waals surface area contributed by atoms with E-state index >= 15 is 0 Å². The lowest BCUT2D eigenvalue weighted by Gasteiger charge is -2.16. The largest absolute Gasteiger partial charge is 0.464 e. The number of hydrogen-bond donors (Lipinski definition) is 1. The molecule has 6 nitrogen and oxygen atoms in total. The summed E-state index contributed by atoms with van der Waals surface area (Å²) in [6.45, 7) is 1.05. The lowest BCUT2D eigenvalue weighted by atomic mass is 10.1. The average molecular weight is 322 g/mol. The van der Waals surface area contributed by atoms with Crippen LogP contribution in [0.15, 0.2) is 34.9 Å². The van der Waals surface area contributed by atoms with Crippen molar-refractivity contribution >= 4 is 26.9 Å². The zero-order valence-corrected chi connectivity index (χ0v) is 12.9. The Balaban J connectivity index is 1.60. The van der Waals surface area contributed by atoms with Crippen LogP contribution in [0.4, 0.5) is 0 Å². The van der Waals surface area contributed by atoms with Crippen LogP contribution in [0.2, 0.25) is 0 Å². The third kappa shape index (κ3) is 3.48. The summed E-state index contributed by atoms with van der Waals surface area (Å²) < 4.78 is 27.5. The standard InChI is InChI=1S/C15H18N2O4S/c16-22(19,20)10-12-8-15(18)17(9-12)5-3-11-1-2-14-13(7-11)4-6-21-14/h1-2,4,6-7,12H,3,5,8-10H2,(H2,16,19,20). The van der Waals surface area contributed by atoms with Gasteiger partial charge in [0.2, 0.25) is 15.9 Å². The first-order valence-corrected chi connectivity index (χ1v) is 8.87. The molecule has 7 heteroatoms. The maximum absolute atomic E-state index is 11.9. The fourth-order valence-corrected chi connectivity index (χ4v) is 3.83. The number of amides is 1. The molecule has 1 fully saturated rings. The fraction of sp³-hybridized carbons (Fsp3) is 0.400. The lowest BCUT2D eigenvalue weighted by Crippen LogP contribution is -2.29. The third-order valence-corrected chi connectivity index (χ3v) is 4.89. The molecule has 2 aromatic rings. The van der Waals surface area contributed by atoms with Gasteiger partial charge in [-0.15, -0.1) is 0 Å². The normalized spacial score (nSPS) is 19.2. The van der Waals surface area contributed by atoms with Crippen molar-refractivity contribution in [3.8, 4) is 0 Å². The Hall–Kier alpha value is -1.86. The minimum atomic E-state index is -3.53. The van der Waals surface area contributed by atoms with Gasteiger partial charge in [0.15, 0.2) is 0 Å². The van der Waals surface area contributed by atoms with Crippen LogP contribution < -0.4 is 5.14 Å². The maximum atomic E-state index is 11.9. The summed E-state index contributed by atoms with van der Waals surface area (Å²) in [6, 6.07) is 7.84. The van der Waals surface area contributed by atoms with Gasteiger partial charge in [-0.1, -0.05) is 6.07 Å². The molecule has 1 aromatic carbocycles. The highest BCUT2D eigenvalue weighted by atomic mass is 32.2. The highest BCUT2D eigenvalue weighted by molar-refractivity contribution is 7.89. The second kappa shape index (κ2) is 5.73. The molecule has 3 rings (SSSR count). The molecular weight excluding hydrogens is 304 g/mol. The van der Waals surface area contributed by atoms with Crippen molar-refractivity contribution in [2.24, 2.45) is 11.1 Å². The summed E-state index contributed by atoms with van der Waals surface area (Å²) in [5, 5.41) is 6.09. The minimum Gasteiger partial charge on any atom is -0.464 e. The highest BCUT2D eigenvalue weighted by Crippen LogP contribution is 2.21. The molecule has 1 atom stereocenters. The summed E-state index contributed by atoms with van der Waals surface area (Å²) in [7, 11) is -3.53. The quantitative estimate of drug-likeness (QED) is 0.892. The molecule has 0 radical (unpaired) electrons. The summed E-state index contributed by atoms with van der Waals surface area (Å²) in [4.78, 5) is 13.7. The van der Waals surface area contributed by atoms with Crippen molar-refractivity contribution in [1.82, 2.24) is 4.90 Å². The number of likely N-dealkylation sites (tertiary alicyclic amines) is 1. The molecule has 1 aromatic heterocycles. The molecule has 22 heavy (non-hydrogen) atoms. The SMILES string of the molecule is NS(=O)(=O)CC1CC(=O)N(CCc2ccc3occc3c2)C1. The van der Waals surface area contributed by atoms with E-state index in [0.717, 1.165) is 23.0 Å². The topological polar surface area (TPSA) is 93.6 Å². The maximum Gasteiger partial charge on any atom is 0.222 e. The Labute approximate surface area is 128 Å². The highest BCUT2D eigenvalue weighted by Gasteiger charge is 2.31. The van der Waals surface area contributed by atoms with Crippen molar-refractivity contribution in [2.45, 2.75) is 12.8 Å². The van der Waals surface area contributed by atoms with E-state index in [1.165, 1.54) is 0 Å². The van der Waals surface area contributed by atoms with Gasteiger partial charge in [0.25, 0.3) is 0 Å². The van der Waals surface area contributed by atoms with Crippen LogP contribution in [0.1, 0.15) is 12.0 Å². The van der Waals surface area contributed by atoms with Crippen molar-refractivity contribution in [2.75, 3.05) is 18.8 Å². The van der Waals surface area contributed by atoms with Crippen LogP contribution in [-0.2, 0) is 21.2 Å². The number of sulfonamides is 1. The average Bonchev–Trinajstić information content (AvgIpc) is 3.00. The molecule has 118 valence electrons. The van der Waals surface area contributed by atoms with Gasteiger partial charge >= 0.3 is 0 Å². The summed E-state index contributed by atoms with van der Waals surface area (Å²) in [6.07, 6.45) is 2.64. The van der Waals surface area contributed by atoms with Gasteiger partial charge in [-0.25, -0.2) is 13.6 Å². The van der Waals surface area contributed by atoms with Crippen LogP contribution in [0.25, 0.3) is 11.0 Å². The molecule has 0 bridgehead atoms. The van der Waals surface area contributed by atoms with Crippen molar-refractivity contribution in [1.29, 1.82) is 0 Å². The van der Waals surface area contributed by atoms with Gasteiger partial charge in [-0.3, -0.25) is 4.79 Å². The number of primary sulfonamides is 1. The van der Waals surface area contributed by atoms with Gasteiger partial charge in [0.1, 0.15) is 5.58 Å². The van der Waals surface area contributed by atoms with E-state index in [1.807, 2.05) is 24.3 Å². The van der Waals surface area contributed by atoms with E-state index in [2.05, 4.69) is 0 Å². The number of furan rings is 1. The van der Waals surface area contributed by atoms with Crippen molar-refractivity contribution in [3.05, 3.63) is 36.1 Å². The molecule has 1 aliphatic rings. The fourth-order valence-electron chi connectivity index (χ4n) is 2.95. The first kappa shape index (κ1) is 15.1. The second-order valence-corrected chi connectivity index (χ2v) is 7.44. The van der Waals surface area contributed by atoms with E-state index in [0.29, 0.717) is 13.1 Å². The van der Waals surface area contributed by atoms with E-state index in [1.54, 1.807) is 11.2 Å². The van der Waals surface area contributed by atoms with E-state index in [9.17, 15) is 13.2 Å². The number of rotatable bonds is 5. The monoisotopic (exact) mass is 322 g/mol. The van der Waals surface area contributed by atoms with Crippen LogP contribution in [0.5, 0.6) is 0 Å². The molecule has 1 amide bonds. The predicted octanol–water partition coefficient (Wildman–Crippen LogP) is 1.11. The first-order chi connectivity index (χ1) is 10.4. The van der Waals surface area contributed by atoms with E-state index in [4.69, 9.17) is 9.56 Å². The summed E-state index contributed by atoms with van der Waals surface area (Å²) in [5.41, 5.74) is 1.96. The number of hydrogen-bond acceptors (Lipinski definition) is 4. The van der Waals surface area contributed by atoms with Crippen LogP contribution in [-0.4, -0.2) is 38.1 Å². The lowest BCUT2D eigenvalue weighted by molar-refractivity contribution is -0.127. The van der Waals surface area contributed by atoms with Crippen LogP contribution in [0, 0.1) is 5.92 Å². The molecule has 1 saturated heterocycles. The first-order valence-electron chi connectivity index (χ1n) is 7.15. The minimum absolute atomic E-state index is 0.00182. The summed E-state index contributed by atoms with van der Waals surface area (Å²) >= 11 is 0. The number of benzene rings is 1. The molecule has 1 unspecified atom stereocenters. The Morgan fingerprint density at radius 2 is 2.14 bits per heavy atom. The number of nitrogens with two attached hydrogens (primary N) is 1. The zero-order valence-electron chi connectivity index (χ0n) is 12.1. The Kier molecular flexibility index (Phi) is 3.92. The Morgan fingerprint density at radius 3 is 2.91 bits per heavy atom. The Morgan fingerprint density at radius 1 is 1.32 bits per heavy atom. The molecular formula is C15H18N2O4S.